The highest BCUT2D eigenvalue weighted by Crippen LogP contribution is 2.30. The number of thioether (sulfide) groups is 1. The van der Waals surface area contributed by atoms with Gasteiger partial charge in [-0.05, 0) is 36.0 Å². The molecule has 0 aliphatic heterocycles. The van der Waals surface area contributed by atoms with Crippen molar-refractivity contribution in [2.75, 3.05) is 23.5 Å². The molecule has 0 aliphatic carbocycles. The van der Waals surface area contributed by atoms with E-state index in [0.717, 1.165) is 0 Å². The highest BCUT2D eigenvalue weighted by atomic mass is 32.2. The van der Waals surface area contributed by atoms with Gasteiger partial charge in [0.1, 0.15) is 5.75 Å². The molecule has 0 aromatic heterocycles. The molecule has 2 aromatic rings. The number of hydrogen-bond donors (Lipinski definition) is 2. The van der Waals surface area contributed by atoms with Crippen molar-refractivity contribution < 1.29 is 27.5 Å². The van der Waals surface area contributed by atoms with E-state index in [4.69, 9.17) is 4.74 Å². The normalized spacial score (nSPS) is 10.9. The van der Waals surface area contributed by atoms with Gasteiger partial charge in [0.25, 0.3) is 5.91 Å². The second-order valence-corrected chi connectivity index (χ2v) is 6.05. The fourth-order valence-corrected chi connectivity index (χ4v) is 2.39. The van der Waals surface area contributed by atoms with Gasteiger partial charge in [-0.2, -0.15) is 13.2 Å². The molecule has 0 atom stereocenters. The Hall–Kier alpha value is -2.68. The maximum absolute atomic E-state index is 12.4. The maximum Gasteiger partial charge on any atom is 0.442 e. The summed E-state index contributed by atoms with van der Waals surface area (Å²) in [6.45, 7) is 0. The predicted octanol–water partition coefficient (Wildman–Crippen LogP) is 4.14. The van der Waals surface area contributed by atoms with Crippen molar-refractivity contribution in [3.05, 3.63) is 54.1 Å². The molecule has 138 valence electrons. The third-order valence-electron chi connectivity index (χ3n) is 3.14. The van der Waals surface area contributed by atoms with Gasteiger partial charge in [-0.15, -0.1) is 0 Å². The Morgan fingerprint density at radius 2 is 1.81 bits per heavy atom. The van der Waals surface area contributed by atoms with Crippen LogP contribution in [0.25, 0.3) is 0 Å². The zero-order valence-corrected chi connectivity index (χ0v) is 14.4. The molecule has 0 bridgehead atoms. The standard InChI is InChI=1S/C17H15F3N2O3S/c1-25-12-6-4-5-11(9-12)21-16(24)13-7-2-3-8-14(13)22-15(23)10-26-17(18,19)20/h2-9H,10H2,1H3,(H,21,24)(H,22,23). The van der Waals surface area contributed by atoms with Gasteiger partial charge < -0.3 is 15.4 Å². The number of halogens is 3. The van der Waals surface area contributed by atoms with E-state index in [0.29, 0.717) is 11.4 Å². The topological polar surface area (TPSA) is 67.4 Å². The molecule has 2 amide bonds. The minimum absolute atomic E-state index is 0.126. The third-order valence-corrected chi connectivity index (χ3v) is 3.87. The first-order valence-corrected chi connectivity index (χ1v) is 8.32. The summed E-state index contributed by atoms with van der Waals surface area (Å²) in [7, 11) is 1.49. The van der Waals surface area contributed by atoms with Crippen LogP contribution in [0.3, 0.4) is 0 Å². The van der Waals surface area contributed by atoms with E-state index in [1.165, 1.54) is 19.2 Å². The monoisotopic (exact) mass is 384 g/mol. The molecule has 5 nitrogen and oxygen atoms in total. The van der Waals surface area contributed by atoms with Gasteiger partial charge in [0.2, 0.25) is 5.91 Å². The number of para-hydroxylation sites is 1. The summed E-state index contributed by atoms with van der Waals surface area (Å²) in [5, 5.41) is 4.97. The SMILES string of the molecule is COc1cccc(NC(=O)c2ccccc2NC(=O)CSC(F)(F)F)c1. The average Bonchev–Trinajstić information content (AvgIpc) is 2.60. The van der Waals surface area contributed by atoms with Crippen molar-refractivity contribution in [3.63, 3.8) is 0 Å². The molecule has 2 rings (SSSR count). The van der Waals surface area contributed by atoms with E-state index < -0.39 is 34.8 Å². The number of alkyl halides is 3. The second kappa shape index (κ2) is 8.61. The summed E-state index contributed by atoms with van der Waals surface area (Å²) in [4.78, 5) is 24.1. The van der Waals surface area contributed by atoms with Crippen LogP contribution in [0.5, 0.6) is 5.75 Å². The lowest BCUT2D eigenvalue weighted by Crippen LogP contribution is -2.20. The number of benzene rings is 2. The molecular formula is C17H15F3N2O3S. The number of ether oxygens (including phenoxy) is 1. The Balaban J connectivity index is 2.09. The Kier molecular flexibility index (Phi) is 6.51. The van der Waals surface area contributed by atoms with E-state index >= 15 is 0 Å². The highest BCUT2D eigenvalue weighted by molar-refractivity contribution is 8.00. The highest BCUT2D eigenvalue weighted by Gasteiger charge is 2.29. The van der Waals surface area contributed by atoms with Gasteiger partial charge in [0.05, 0.1) is 24.1 Å². The maximum atomic E-state index is 12.4. The van der Waals surface area contributed by atoms with Crippen LogP contribution in [-0.2, 0) is 4.79 Å². The Morgan fingerprint density at radius 3 is 2.50 bits per heavy atom. The number of methoxy groups -OCH3 is 1. The van der Waals surface area contributed by atoms with Gasteiger partial charge in [-0.3, -0.25) is 9.59 Å². The molecular weight excluding hydrogens is 369 g/mol. The molecule has 0 radical (unpaired) electrons. The summed E-state index contributed by atoms with van der Waals surface area (Å²) < 4.78 is 41.6. The van der Waals surface area contributed by atoms with Crippen molar-refractivity contribution in [2.45, 2.75) is 5.51 Å². The summed E-state index contributed by atoms with van der Waals surface area (Å²) in [6.07, 6.45) is 0. The Labute approximate surface area is 151 Å². The van der Waals surface area contributed by atoms with E-state index in [2.05, 4.69) is 10.6 Å². The fraction of sp³-hybridized carbons (Fsp3) is 0.176. The fourth-order valence-electron chi connectivity index (χ4n) is 2.02. The van der Waals surface area contributed by atoms with Gasteiger partial charge in [0, 0.05) is 11.8 Å². The lowest BCUT2D eigenvalue weighted by atomic mass is 10.1. The molecule has 0 saturated carbocycles. The van der Waals surface area contributed by atoms with Crippen molar-refractivity contribution in [3.8, 4) is 5.75 Å². The number of carbonyl (C=O) groups is 2. The first-order valence-electron chi connectivity index (χ1n) is 7.33. The van der Waals surface area contributed by atoms with E-state index in [1.807, 2.05) is 0 Å². The Morgan fingerprint density at radius 1 is 1.08 bits per heavy atom. The van der Waals surface area contributed by atoms with Crippen molar-refractivity contribution in [1.82, 2.24) is 0 Å². The van der Waals surface area contributed by atoms with Gasteiger partial charge >= 0.3 is 5.51 Å². The lowest BCUT2D eigenvalue weighted by Gasteiger charge is -2.12. The third kappa shape index (κ3) is 5.99. The van der Waals surface area contributed by atoms with Crippen molar-refractivity contribution in [2.24, 2.45) is 0 Å². The van der Waals surface area contributed by atoms with Crippen LogP contribution in [0.4, 0.5) is 24.5 Å². The van der Waals surface area contributed by atoms with E-state index in [9.17, 15) is 22.8 Å². The number of nitrogens with one attached hydrogen (secondary N) is 2. The summed E-state index contributed by atoms with van der Waals surface area (Å²) in [5.74, 6) is -1.62. The van der Waals surface area contributed by atoms with Gasteiger partial charge in [-0.25, -0.2) is 0 Å². The number of anilines is 2. The van der Waals surface area contributed by atoms with Gasteiger partial charge in [0.15, 0.2) is 0 Å². The molecule has 0 spiro atoms. The second-order valence-electron chi connectivity index (χ2n) is 5.01. The summed E-state index contributed by atoms with van der Waals surface area (Å²) in [6, 6.07) is 12.7. The number of hydrogen-bond acceptors (Lipinski definition) is 4. The van der Waals surface area contributed by atoms with Crippen LogP contribution in [-0.4, -0.2) is 30.2 Å². The van der Waals surface area contributed by atoms with Crippen LogP contribution in [0.2, 0.25) is 0 Å². The first-order chi connectivity index (χ1) is 12.3. The smallest absolute Gasteiger partial charge is 0.442 e. The molecule has 0 aliphatic rings. The van der Waals surface area contributed by atoms with Crippen LogP contribution < -0.4 is 15.4 Å². The quantitative estimate of drug-likeness (QED) is 0.786. The van der Waals surface area contributed by atoms with Crippen molar-refractivity contribution in [1.29, 1.82) is 0 Å². The van der Waals surface area contributed by atoms with E-state index in [1.54, 1.807) is 36.4 Å². The minimum Gasteiger partial charge on any atom is -0.497 e. The summed E-state index contributed by atoms with van der Waals surface area (Å²) >= 11 is -0.445. The zero-order chi connectivity index (χ0) is 19.2. The molecule has 0 fully saturated rings. The molecule has 26 heavy (non-hydrogen) atoms. The van der Waals surface area contributed by atoms with Crippen LogP contribution in [0.15, 0.2) is 48.5 Å². The number of rotatable bonds is 6. The molecule has 0 heterocycles. The molecule has 2 aromatic carbocycles. The molecule has 2 N–H and O–H groups in total. The van der Waals surface area contributed by atoms with Crippen molar-refractivity contribution >= 4 is 35.0 Å². The number of amides is 2. The van der Waals surface area contributed by atoms with Crippen LogP contribution in [0.1, 0.15) is 10.4 Å². The summed E-state index contributed by atoms with van der Waals surface area (Å²) in [5.41, 5.74) is -3.77. The molecule has 0 unspecified atom stereocenters. The minimum atomic E-state index is -4.50. The van der Waals surface area contributed by atoms with Gasteiger partial charge in [-0.1, -0.05) is 18.2 Å². The Bertz CT molecular complexity index is 797. The lowest BCUT2D eigenvalue weighted by molar-refractivity contribution is -0.114. The predicted molar refractivity (Wildman–Crippen MR) is 94.5 cm³/mol. The van der Waals surface area contributed by atoms with E-state index in [-0.39, 0.29) is 11.3 Å². The zero-order valence-electron chi connectivity index (χ0n) is 13.6. The largest absolute Gasteiger partial charge is 0.497 e. The van der Waals surface area contributed by atoms with Crippen LogP contribution in [0, 0.1) is 0 Å². The van der Waals surface area contributed by atoms with Crippen LogP contribution >= 0.6 is 11.8 Å². The number of carbonyl (C=O) groups excluding carboxylic acids is 2. The average molecular weight is 384 g/mol. The molecule has 0 saturated heterocycles. The molecule has 9 heteroatoms. The first kappa shape index (κ1) is 19.6.